The van der Waals surface area contributed by atoms with Crippen molar-refractivity contribution in [3.05, 3.63) is 18.1 Å². The van der Waals surface area contributed by atoms with Crippen LogP contribution < -0.4 is 10.2 Å². The van der Waals surface area contributed by atoms with E-state index in [0.29, 0.717) is 0 Å². The van der Waals surface area contributed by atoms with Crippen LogP contribution in [0.4, 0.5) is 5.82 Å². The lowest BCUT2D eigenvalue weighted by atomic mass is 10.1. The smallest absolute Gasteiger partial charge is 0.225 e. The maximum absolute atomic E-state index is 12.3. The van der Waals surface area contributed by atoms with Gasteiger partial charge in [0.1, 0.15) is 11.6 Å². The average Bonchev–Trinajstić information content (AvgIpc) is 2.98. The molecule has 1 aromatic heterocycles. The van der Waals surface area contributed by atoms with Gasteiger partial charge in [0.05, 0.1) is 5.92 Å². The summed E-state index contributed by atoms with van der Waals surface area (Å²) in [5, 5.41) is 3.17. The summed E-state index contributed by atoms with van der Waals surface area (Å²) < 4.78 is 5.32. The van der Waals surface area contributed by atoms with Crippen molar-refractivity contribution >= 4 is 11.7 Å². The number of hydrogen-bond donors (Lipinski definition) is 1. The summed E-state index contributed by atoms with van der Waals surface area (Å²) in [6, 6.07) is 2.19. The number of aromatic nitrogens is 2. The molecular formula is C15H22N4O2. The summed E-state index contributed by atoms with van der Waals surface area (Å²) in [5.74, 6) is 1.92. The molecule has 0 saturated carbocycles. The number of ether oxygens (including phenoxy) is 1. The second-order valence-corrected chi connectivity index (χ2v) is 5.79. The minimum Gasteiger partial charge on any atom is -0.381 e. The van der Waals surface area contributed by atoms with E-state index in [-0.39, 0.29) is 17.9 Å². The van der Waals surface area contributed by atoms with Crippen molar-refractivity contribution in [3.8, 4) is 0 Å². The fraction of sp³-hybridized carbons (Fsp3) is 0.667. The number of anilines is 1. The van der Waals surface area contributed by atoms with E-state index in [1.165, 1.54) is 0 Å². The van der Waals surface area contributed by atoms with Crippen LogP contribution >= 0.6 is 0 Å². The van der Waals surface area contributed by atoms with E-state index >= 15 is 0 Å². The Labute approximate surface area is 124 Å². The second-order valence-electron chi connectivity index (χ2n) is 5.79. The van der Waals surface area contributed by atoms with Gasteiger partial charge in [-0.25, -0.2) is 9.97 Å². The average molecular weight is 290 g/mol. The number of amides is 1. The highest BCUT2D eigenvalue weighted by Crippen LogP contribution is 2.22. The lowest BCUT2D eigenvalue weighted by molar-refractivity contribution is -0.125. The van der Waals surface area contributed by atoms with Gasteiger partial charge in [-0.3, -0.25) is 4.79 Å². The number of rotatable bonds is 3. The van der Waals surface area contributed by atoms with Crippen LogP contribution in [-0.4, -0.2) is 48.2 Å². The molecule has 21 heavy (non-hydrogen) atoms. The molecule has 2 aliphatic heterocycles. The molecule has 3 rings (SSSR count). The van der Waals surface area contributed by atoms with Crippen LogP contribution in [0, 0.1) is 12.8 Å². The Hall–Kier alpha value is -1.69. The van der Waals surface area contributed by atoms with Gasteiger partial charge in [0, 0.05) is 38.5 Å². The zero-order valence-corrected chi connectivity index (χ0v) is 12.4. The monoisotopic (exact) mass is 290 g/mol. The van der Waals surface area contributed by atoms with Crippen molar-refractivity contribution in [2.45, 2.75) is 32.2 Å². The summed E-state index contributed by atoms with van der Waals surface area (Å²) in [5.41, 5.74) is 0. The van der Waals surface area contributed by atoms with Gasteiger partial charge < -0.3 is 15.0 Å². The first-order chi connectivity index (χ1) is 10.2. The van der Waals surface area contributed by atoms with Gasteiger partial charge in [-0.05, 0) is 32.3 Å². The first-order valence-corrected chi connectivity index (χ1v) is 7.65. The summed E-state index contributed by atoms with van der Waals surface area (Å²) in [6.07, 6.45) is 4.51. The van der Waals surface area contributed by atoms with Crippen LogP contribution in [0.5, 0.6) is 0 Å². The molecule has 2 fully saturated rings. The Kier molecular flexibility index (Phi) is 4.34. The van der Waals surface area contributed by atoms with Crippen LogP contribution in [0.1, 0.15) is 25.1 Å². The molecule has 0 bridgehead atoms. The topological polar surface area (TPSA) is 67.4 Å². The first kappa shape index (κ1) is 14.3. The number of aryl methyl sites for hydroxylation is 1. The molecule has 1 unspecified atom stereocenters. The second kappa shape index (κ2) is 6.39. The van der Waals surface area contributed by atoms with Gasteiger partial charge in [0.2, 0.25) is 5.91 Å². The Morgan fingerprint density at radius 2 is 2.19 bits per heavy atom. The van der Waals surface area contributed by atoms with E-state index in [2.05, 4.69) is 20.2 Å². The van der Waals surface area contributed by atoms with E-state index in [1.807, 2.05) is 13.0 Å². The summed E-state index contributed by atoms with van der Waals surface area (Å²) in [7, 11) is 0. The molecule has 114 valence electrons. The minimum atomic E-state index is 0.0584. The van der Waals surface area contributed by atoms with Crippen LogP contribution in [0.2, 0.25) is 0 Å². The molecule has 1 atom stereocenters. The van der Waals surface area contributed by atoms with Crippen molar-refractivity contribution < 1.29 is 9.53 Å². The van der Waals surface area contributed by atoms with Crippen LogP contribution in [0.25, 0.3) is 0 Å². The van der Waals surface area contributed by atoms with Crippen molar-refractivity contribution in [1.29, 1.82) is 0 Å². The number of nitrogens with zero attached hydrogens (tertiary/aromatic N) is 3. The summed E-state index contributed by atoms with van der Waals surface area (Å²) >= 11 is 0. The zero-order chi connectivity index (χ0) is 14.7. The summed E-state index contributed by atoms with van der Waals surface area (Å²) in [4.78, 5) is 23.1. The molecule has 2 saturated heterocycles. The zero-order valence-electron chi connectivity index (χ0n) is 12.4. The standard InChI is InChI=1S/C15H22N4O2/c1-11-16-6-2-14(17-11)19-7-3-12(10-19)15(20)18-13-4-8-21-9-5-13/h2,6,12-13H,3-5,7-10H2,1H3,(H,18,20). The molecule has 1 N–H and O–H groups in total. The number of carbonyl (C=O) groups is 1. The molecule has 6 heteroatoms. The number of nitrogens with one attached hydrogen (secondary N) is 1. The molecule has 0 aromatic carbocycles. The Balaban J connectivity index is 1.55. The van der Waals surface area contributed by atoms with Crippen molar-refractivity contribution in [3.63, 3.8) is 0 Å². The van der Waals surface area contributed by atoms with E-state index < -0.39 is 0 Å². The Bertz CT molecular complexity index is 502. The summed E-state index contributed by atoms with van der Waals surface area (Å²) in [6.45, 7) is 5.01. The van der Waals surface area contributed by atoms with Crippen molar-refractivity contribution in [2.24, 2.45) is 5.92 Å². The van der Waals surface area contributed by atoms with Gasteiger partial charge in [0.25, 0.3) is 0 Å². The maximum atomic E-state index is 12.3. The number of carbonyl (C=O) groups excluding carboxylic acids is 1. The molecule has 1 aromatic rings. The minimum absolute atomic E-state index is 0.0584. The van der Waals surface area contributed by atoms with E-state index in [4.69, 9.17) is 4.74 Å². The largest absolute Gasteiger partial charge is 0.381 e. The molecule has 1 amide bonds. The molecule has 6 nitrogen and oxygen atoms in total. The van der Waals surface area contributed by atoms with Gasteiger partial charge in [-0.2, -0.15) is 0 Å². The van der Waals surface area contributed by atoms with Crippen LogP contribution in [0.3, 0.4) is 0 Å². The normalized spacial score (nSPS) is 23.3. The van der Waals surface area contributed by atoms with Gasteiger partial charge in [-0.1, -0.05) is 0 Å². The molecule has 0 aliphatic carbocycles. The highest BCUT2D eigenvalue weighted by atomic mass is 16.5. The highest BCUT2D eigenvalue weighted by molar-refractivity contribution is 5.80. The SMILES string of the molecule is Cc1nccc(N2CCC(C(=O)NC3CCOCC3)C2)n1. The van der Waals surface area contributed by atoms with E-state index in [1.54, 1.807) is 6.20 Å². The first-order valence-electron chi connectivity index (χ1n) is 7.65. The lowest BCUT2D eigenvalue weighted by Crippen LogP contribution is -2.42. The predicted octanol–water partition coefficient (Wildman–Crippen LogP) is 0.907. The maximum Gasteiger partial charge on any atom is 0.225 e. The van der Waals surface area contributed by atoms with E-state index in [0.717, 1.165) is 57.2 Å². The third-order valence-electron chi connectivity index (χ3n) is 4.21. The van der Waals surface area contributed by atoms with Crippen LogP contribution in [0.15, 0.2) is 12.3 Å². The molecule has 0 spiro atoms. The molecular weight excluding hydrogens is 268 g/mol. The quantitative estimate of drug-likeness (QED) is 0.896. The Morgan fingerprint density at radius 3 is 2.95 bits per heavy atom. The molecule has 0 radical (unpaired) electrons. The van der Waals surface area contributed by atoms with Crippen molar-refractivity contribution in [1.82, 2.24) is 15.3 Å². The van der Waals surface area contributed by atoms with Crippen molar-refractivity contribution in [2.75, 3.05) is 31.2 Å². The van der Waals surface area contributed by atoms with Gasteiger partial charge in [0.15, 0.2) is 0 Å². The van der Waals surface area contributed by atoms with Crippen LogP contribution in [-0.2, 0) is 9.53 Å². The Morgan fingerprint density at radius 1 is 1.38 bits per heavy atom. The lowest BCUT2D eigenvalue weighted by Gasteiger charge is -2.24. The fourth-order valence-electron chi connectivity index (χ4n) is 2.96. The van der Waals surface area contributed by atoms with Gasteiger partial charge >= 0.3 is 0 Å². The fourth-order valence-corrected chi connectivity index (χ4v) is 2.96. The van der Waals surface area contributed by atoms with E-state index in [9.17, 15) is 4.79 Å². The number of hydrogen-bond acceptors (Lipinski definition) is 5. The highest BCUT2D eigenvalue weighted by Gasteiger charge is 2.30. The molecule has 2 aliphatic rings. The third kappa shape index (κ3) is 3.50. The third-order valence-corrected chi connectivity index (χ3v) is 4.21. The molecule has 3 heterocycles. The predicted molar refractivity (Wildman–Crippen MR) is 79.1 cm³/mol. The van der Waals surface area contributed by atoms with Gasteiger partial charge in [-0.15, -0.1) is 0 Å².